The van der Waals surface area contributed by atoms with Crippen molar-refractivity contribution in [2.24, 2.45) is 5.92 Å². The summed E-state index contributed by atoms with van der Waals surface area (Å²) in [5.41, 5.74) is 0.316. The van der Waals surface area contributed by atoms with Crippen molar-refractivity contribution in [1.82, 2.24) is 24.9 Å². The van der Waals surface area contributed by atoms with E-state index in [0.29, 0.717) is 17.8 Å². The van der Waals surface area contributed by atoms with Crippen molar-refractivity contribution >= 4 is 5.91 Å². The van der Waals surface area contributed by atoms with Crippen LogP contribution < -0.4 is 4.74 Å². The molecule has 0 N–H and O–H groups in total. The highest BCUT2D eigenvalue weighted by Gasteiger charge is 2.48. The molecule has 0 spiro atoms. The smallest absolute Gasteiger partial charge is 0.417 e. The average Bonchev–Trinajstić information content (AvgIpc) is 3.50. The molecule has 1 aromatic carbocycles. The number of piperidine rings is 1. The van der Waals surface area contributed by atoms with E-state index in [1.165, 1.54) is 6.07 Å². The standard InChI is InChI=1S/C21H18F3N5O2/c22-21(23,24)14-5-6-19(25-11-14)31-18-10-13-9-17(18)28(12-13)20(30)15-3-1-2-4-16(15)29-8-7-26-27-29/h1-8,11,13,17-18H,9-10,12H2. The quantitative estimate of drug-likeness (QED) is 0.636. The third-order valence-corrected chi connectivity index (χ3v) is 5.83. The summed E-state index contributed by atoms with van der Waals surface area (Å²) in [5, 5.41) is 7.79. The van der Waals surface area contributed by atoms with Crippen LogP contribution in [0, 0.1) is 5.92 Å². The van der Waals surface area contributed by atoms with Crippen LogP contribution in [0.25, 0.3) is 5.69 Å². The molecule has 2 aromatic heterocycles. The van der Waals surface area contributed by atoms with Gasteiger partial charge in [-0.3, -0.25) is 4.79 Å². The van der Waals surface area contributed by atoms with Gasteiger partial charge in [-0.15, -0.1) is 5.10 Å². The van der Waals surface area contributed by atoms with Gasteiger partial charge in [-0.2, -0.15) is 13.2 Å². The van der Waals surface area contributed by atoms with Gasteiger partial charge in [0.2, 0.25) is 5.88 Å². The van der Waals surface area contributed by atoms with Crippen molar-refractivity contribution in [2.45, 2.75) is 31.2 Å². The number of para-hydroxylation sites is 1. The van der Waals surface area contributed by atoms with Gasteiger partial charge in [0.25, 0.3) is 5.91 Å². The molecule has 3 unspecified atom stereocenters. The molecule has 1 saturated carbocycles. The molecule has 160 valence electrons. The molecule has 1 aliphatic carbocycles. The first-order valence-electron chi connectivity index (χ1n) is 9.87. The van der Waals surface area contributed by atoms with Crippen LogP contribution in [-0.2, 0) is 6.18 Å². The van der Waals surface area contributed by atoms with E-state index in [1.54, 1.807) is 40.2 Å². The van der Waals surface area contributed by atoms with E-state index in [-0.39, 0.29) is 29.9 Å². The minimum absolute atomic E-state index is 0.126. The fourth-order valence-electron chi connectivity index (χ4n) is 4.44. The first-order chi connectivity index (χ1) is 14.9. The summed E-state index contributed by atoms with van der Waals surface area (Å²) in [6.07, 6.45) is 0.748. The van der Waals surface area contributed by atoms with Crippen LogP contribution in [0.4, 0.5) is 13.2 Å². The fourth-order valence-corrected chi connectivity index (χ4v) is 4.44. The number of benzene rings is 1. The molecular formula is C21H18F3N5O2. The van der Waals surface area contributed by atoms with Crippen LogP contribution in [0.3, 0.4) is 0 Å². The number of carbonyl (C=O) groups excluding carboxylic acids is 1. The molecule has 0 radical (unpaired) electrons. The maximum Gasteiger partial charge on any atom is 0.417 e. The normalized spacial score (nSPS) is 22.7. The highest BCUT2D eigenvalue weighted by atomic mass is 19.4. The third kappa shape index (κ3) is 3.62. The van der Waals surface area contributed by atoms with Crippen molar-refractivity contribution < 1.29 is 22.7 Å². The van der Waals surface area contributed by atoms with Crippen LogP contribution >= 0.6 is 0 Å². The summed E-state index contributed by atoms with van der Waals surface area (Å²) < 4.78 is 45.7. The Hall–Kier alpha value is -3.43. The minimum atomic E-state index is -4.45. The van der Waals surface area contributed by atoms with E-state index < -0.39 is 11.7 Å². The number of hydrogen-bond donors (Lipinski definition) is 0. The Morgan fingerprint density at radius 3 is 2.65 bits per heavy atom. The Balaban J connectivity index is 1.35. The second-order valence-corrected chi connectivity index (χ2v) is 7.77. The van der Waals surface area contributed by atoms with Crippen LogP contribution in [0.5, 0.6) is 5.88 Å². The van der Waals surface area contributed by atoms with Crippen LogP contribution in [0.15, 0.2) is 55.0 Å². The SMILES string of the molecule is O=C(c1ccccc1-n1ccnn1)N1CC2CC(Oc3ccc(C(F)(F)F)cn3)C1C2. The Kier molecular flexibility index (Phi) is 4.64. The molecule has 3 aromatic rings. The second kappa shape index (κ2) is 7.36. The number of pyridine rings is 1. The van der Waals surface area contributed by atoms with Gasteiger partial charge in [-0.25, -0.2) is 9.67 Å². The van der Waals surface area contributed by atoms with Gasteiger partial charge in [0.15, 0.2) is 0 Å². The predicted octanol–water partition coefficient (Wildman–Crippen LogP) is 3.36. The summed E-state index contributed by atoms with van der Waals surface area (Å²) in [7, 11) is 0. The molecule has 2 aliphatic rings. The second-order valence-electron chi connectivity index (χ2n) is 7.77. The summed E-state index contributed by atoms with van der Waals surface area (Å²) in [6, 6.07) is 9.18. The Bertz CT molecular complexity index is 1090. The molecule has 10 heteroatoms. The largest absolute Gasteiger partial charge is 0.472 e. The lowest BCUT2D eigenvalue weighted by Gasteiger charge is -2.33. The Labute approximate surface area is 175 Å². The highest BCUT2D eigenvalue weighted by Crippen LogP contribution is 2.41. The van der Waals surface area contributed by atoms with Gasteiger partial charge in [0, 0.05) is 18.8 Å². The lowest BCUT2D eigenvalue weighted by atomic mass is 10.1. The lowest BCUT2D eigenvalue weighted by Crippen LogP contribution is -2.47. The monoisotopic (exact) mass is 429 g/mol. The highest BCUT2D eigenvalue weighted by molar-refractivity contribution is 5.98. The number of rotatable bonds is 4. The summed E-state index contributed by atoms with van der Waals surface area (Å²) in [5.74, 6) is 0.278. The molecule has 1 aliphatic heterocycles. The van der Waals surface area contributed by atoms with Crippen molar-refractivity contribution in [3.63, 3.8) is 0 Å². The van der Waals surface area contributed by atoms with Crippen molar-refractivity contribution in [3.05, 3.63) is 66.1 Å². The van der Waals surface area contributed by atoms with E-state index in [1.807, 2.05) is 6.07 Å². The number of fused-ring (bicyclic) bond motifs is 2. The number of nitrogens with zero attached hydrogens (tertiary/aromatic N) is 5. The first-order valence-corrected chi connectivity index (χ1v) is 9.87. The van der Waals surface area contributed by atoms with Gasteiger partial charge < -0.3 is 9.64 Å². The zero-order chi connectivity index (χ0) is 21.6. The Morgan fingerprint density at radius 2 is 1.97 bits per heavy atom. The topological polar surface area (TPSA) is 73.1 Å². The molecule has 2 bridgehead atoms. The predicted molar refractivity (Wildman–Crippen MR) is 103 cm³/mol. The van der Waals surface area contributed by atoms with Gasteiger partial charge in [-0.1, -0.05) is 17.3 Å². The average molecular weight is 429 g/mol. The van der Waals surface area contributed by atoms with Crippen molar-refractivity contribution in [2.75, 3.05) is 6.54 Å². The molecular weight excluding hydrogens is 411 g/mol. The number of amides is 1. The van der Waals surface area contributed by atoms with Crippen LogP contribution in [0.2, 0.25) is 0 Å². The van der Waals surface area contributed by atoms with Gasteiger partial charge in [0.1, 0.15) is 6.10 Å². The molecule has 31 heavy (non-hydrogen) atoms. The van der Waals surface area contributed by atoms with E-state index in [4.69, 9.17) is 4.74 Å². The molecule has 1 amide bonds. The molecule has 2 fully saturated rings. The molecule has 3 heterocycles. The number of carbonyl (C=O) groups is 1. The number of alkyl halides is 3. The zero-order valence-corrected chi connectivity index (χ0v) is 16.2. The number of hydrogen-bond acceptors (Lipinski definition) is 5. The van der Waals surface area contributed by atoms with E-state index in [0.717, 1.165) is 25.1 Å². The minimum Gasteiger partial charge on any atom is -0.472 e. The van der Waals surface area contributed by atoms with Crippen LogP contribution in [0.1, 0.15) is 28.8 Å². The Morgan fingerprint density at radius 1 is 1.13 bits per heavy atom. The maximum absolute atomic E-state index is 13.4. The van der Waals surface area contributed by atoms with E-state index in [2.05, 4.69) is 15.3 Å². The number of ether oxygens (including phenoxy) is 1. The van der Waals surface area contributed by atoms with Crippen molar-refractivity contribution in [1.29, 1.82) is 0 Å². The lowest BCUT2D eigenvalue weighted by molar-refractivity contribution is -0.137. The number of aromatic nitrogens is 4. The van der Waals surface area contributed by atoms with Gasteiger partial charge in [0.05, 0.1) is 35.2 Å². The molecule has 1 saturated heterocycles. The van der Waals surface area contributed by atoms with Crippen molar-refractivity contribution in [3.8, 4) is 11.6 Å². The van der Waals surface area contributed by atoms with E-state index >= 15 is 0 Å². The first kappa shape index (κ1) is 19.5. The number of halogens is 3. The maximum atomic E-state index is 13.4. The summed E-state index contributed by atoms with van der Waals surface area (Å²) in [6.45, 7) is 0.621. The van der Waals surface area contributed by atoms with E-state index in [9.17, 15) is 18.0 Å². The third-order valence-electron chi connectivity index (χ3n) is 5.83. The number of likely N-dealkylation sites (tertiary alicyclic amines) is 1. The molecule has 5 rings (SSSR count). The summed E-state index contributed by atoms with van der Waals surface area (Å²) >= 11 is 0. The fraction of sp³-hybridized carbons (Fsp3) is 0.333. The van der Waals surface area contributed by atoms with Crippen LogP contribution in [-0.4, -0.2) is 49.5 Å². The molecule has 3 atom stereocenters. The van der Waals surface area contributed by atoms with Gasteiger partial charge in [-0.05, 0) is 37.0 Å². The molecule has 7 nitrogen and oxygen atoms in total. The zero-order valence-electron chi connectivity index (χ0n) is 16.2. The summed E-state index contributed by atoms with van der Waals surface area (Å²) in [4.78, 5) is 19.0. The van der Waals surface area contributed by atoms with Gasteiger partial charge >= 0.3 is 6.18 Å².